The average molecular weight is 212 g/mol. The number of aliphatic hydroxyl groups is 2. The van der Waals surface area contributed by atoms with Crippen LogP contribution in [0.2, 0.25) is 0 Å². The molecule has 5 nitrogen and oxygen atoms in total. The largest absolute Gasteiger partial charge is 0.366 e. The molecular weight excluding hydrogens is 196 g/mol. The first-order chi connectivity index (χ1) is 5.62. The maximum absolute atomic E-state index is 10.3. The monoisotopic (exact) mass is 212 g/mol. The van der Waals surface area contributed by atoms with Gasteiger partial charge in [-0.1, -0.05) is 13.8 Å². The Morgan fingerprint density at radius 2 is 1.77 bits per heavy atom. The molecule has 0 saturated heterocycles. The minimum atomic E-state index is -4.11. The minimum absolute atomic E-state index is 0.0522. The van der Waals surface area contributed by atoms with E-state index in [0.717, 1.165) is 0 Å². The molecule has 6 heteroatoms. The van der Waals surface area contributed by atoms with Gasteiger partial charge in [0.15, 0.2) is 5.79 Å². The summed E-state index contributed by atoms with van der Waals surface area (Å²) >= 11 is 0. The van der Waals surface area contributed by atoms with Gasteiger partial charge in [0.25, 0.3) is 10.1 Å². The van der Waals surface area contributed by atoms with Crippen molar-refractivity contribution < 1.29 is 23.2 Å². The van der Waals surface area contributed by atoms with Crippen molar-refractivity contribution in [3.63, 3.8) is 0 Å². The summed E-state index contributed by atoms with van der Waals surface area (Å²) in [6.45, 7) is 3.57. The smallest absolute Gasteiger partial charge is 0.265 e. The summed E-state index contributed by atoms with van der Waals surface area (Å²) in [6.07, 6.45) is -0.285. The topological polar surface area (TPSA) is 94.8 Å². The summed E-state index contributed by atoms with van der Waals surface area (Å²) in [5.74, 6) is -2.59. The van der Waals surface area contributed by atoms with E-state index in [1.165, 1.54) is 0 Å². The Labute approximate surface area is 78.1 Å². The van der Waals surface area contributed by atoms with E-state index in [4.69, 9.17) is 4.55 Å². The molecule has 0 bridgehead atoms. The highest BCUT2D eigenvalue weighted by Gasteiger charge is 2.26. The highest BCUT2D eigenvalue weighted by Crippen LogP contribution is 2.17. The lowest BCUT2D eigenvalue weighted by molar-refractivity contribution is -0.172. The fraction of sp³-hybridized carbons (Fsp3) is 1.00. The van der Waals surface area contributed by atoms with Crippen molar-refractivity contribution >= 4 is 10.1 Å². The van der Waals surface area contributed by atoms with Crippen LogP contribution in [0.5, 0.6) is 0 Å². The van der Waals surface area contributed by atoms with Crippen molar-refractivity contribution in [2.75, 3.05) is 5.75 Å². The normalized spacial score (nSPS) is 13.7. The van der Waals surface area contributed by atoms with Crippen LogP contribution in [0.1, 0.15) is 26.7 Å². The van der Waals surface area contributed by atoms with E-state index in [1.54, 1.807) is 13.8 Å². The van der Waals surface area contributed by atoms with Crippen LogP contribution in [0.15, 0.2) is 0 Å². The third kappa shape index (κ3) is 8.17. The van der Waals surface area contributed by atoms with Gasteiger partial charge in [-0.25, -0.2) is 0 Å². The van der Waals surface area contributed by atoms with Crippen LogP contribution >= 0.6 is 0 Å². The van der Waals surface area contributed by atoms with Crippen LogP contribution in [0.3, 0.4) is 0 Å². The van der Waals surface area contributed by atoms with Gasteiger partial charge in [-0.2, -0.15) is 8.42 Å². The lowest BCUT2D eigenvalue weighted by atomic mass is 10.0. The third-order valence-corrected chi connectivity index (χ3v) is 2.22. The summed E-state index contributed by atoms with van der Waals surface area (Å²) in [6, 6.07) is 0. The van der Waals surface area contributed by atoms with Crippen molar-refractivity contribution in [1.82, 2.24) is 0 Å². The molecule has 3 N–H and O–H groups in total. The van der Waals surface area contributed by atoms with Gasteiger partial charge in [0, 0.05) is 12.8 Å². The number of rotatable bonds is 5. The minimum Gasteiger partial charge on any atom is -0.366 e. The maximum Gasteiger partial charge on any atom is 0.265 e. The SMILES string of the molecule is CC(C)CC(O)(O)CCS(=O)(=O)O. The molecule has 0 unspecified atom stereocenters. The van der Waals surface area contributed by atoms with E-state index >= 15 is 0 Å². The lowest BCUT2D eigenvalue weighted by Gasteiger charge is -2.22. The molecule has 0 aliphatic carbocycles. The van der Waals surface area contributed by atoms with Gasteiger partial charge >= 0.3 is 0 Å². The Balaban J connectivity index is 4.04. The zero-order valence-corrected chi connectivity index (χ0v) is 8.58. The Morgan fingerprint density at radius 1 is 1.31 bits per heavy atom. The second-order valence-corrected chi connectivity index (χ2v) is 5.19. The Bertz CT molecular complexity index is 242. The fourth-order valence-electron chi connectivity index (χ4n) is 1.05. The first-order valence-electron chi connectivity index (χ1n) is 4.02. The molecule has 0 radical (unpaired) electrons. The highest BCUT2D eigenvalue weighted by atomic mass is 32.2. The van der Waals surface area contributed by atoms with E-state index in [9.17, 15) is 18.6 Å². The number of hydrogen-bond acceptors (Lipinski definition) is 4. The standard InChI is InChI=1S/C7H16O5S/c1-6(2)5-7(8,9)3-4-13(10,11)12/h6,8-9H,3-5H2,1-2H3,(H,10,11,12). The van der Waals surface area contributed by atoms with Crippen molar-refractivity contribution in [2.45, 2.75) is 32.5 Å². The lowest BCUT2D eigenvalue weighted by Crippen LogP contribution is -2.32. The van der Waals surface area contributed by atoms with E-state index in [1.807, 2.05) is 0 Å². The molecule has 0 aliphatic heterocycles. The van der Waals surface area contributed by atoms with E-state index in [2.05, 4.69) is 0 Å². The van der Waals surface area contributed by atoms with Gasteiger partial charge in [0.1, 0.15) is 0 Å². The predicted octanol–water partition coefficient (Wildman–Crippen LogP) is -0.00870. The molecular formula is C7H16O5S. The Kier molecular flexibility index (Phi) is 4.31. The van der Waals surface area contributed by atoms with Crippen molar-refractivity contribution in [3.8, 4) is 0 Å². The molecule has 0 fully saturated rings. The maximum atomic E-state index is 10.3. The van der Waals surface area contributed by atoms with Crippen molar-refractivity contribution in [3.05, 3.63) is 0 Å². The van der Waals surface area contributed by atoms with Gasteiger partial charge < -0.3 is 10.2 Å². The summed E-state index contributed by atoms with van der Waals surface area (Å²) in [5, 5.41) is 18.5. The van der Waals surface area contributed by atoms with E-state index in [-0.39, 0.29) is 18.8 Å². The van der Waals surface area contributed by atoms with Crippen LogP contribution in [-0.4, -0.2) is 34.7 Å². The first kappa shape index (κ1) is 12.8. The molecule has 0 aromatic heterocycles. The fourth-order valence-corrected chi connectivity index (χ4v) is 1.63. The highest BCUT2D eigenvalue weighted by molar-refractivity contribution is 7.85. The van der Waals surface area contributed by atoms with Crippen LogP contribution in [0.25, 0.3) is 0 Å². The van der Waals surface area contributed by atoms with E-state index < -0.39 is 21.7 Å². The van der Waals surface area contributed by atoms with Crippen LogP contribution in [0.4, 0.5) is 0 Å². The van der Waals surface area contributed by atoms with E-state index in [0.29, 0.717) is 0 Å². The molecule has 0 atom stereocenters. The quantitative estimate of drug-likeness (QED) is 0.440. The molecule has 0 aromatic carbocycles. The zero-order chi connectivity index (χ0) is 10.7. The van der Waals surface area contributed by atoms with Crippen LogP contribution < -0.4 is 0 Å². The molecule has 0 heterocycles. The predicted molar refractivity (Wildman–Crippen MR) is 47.7 cm³/mol. The molecule has 0 spiro atoms. The second kappa shape index (κ2) is 4.36. The molecule has 13 heavy (non-hydrogen) atoms. The molecule has 0 aromatic rings. The van der Waals surface area contributed by atoms with Crippen molar-refractivity contribution in [2.24, 2.45) is 5.92 Å². The number of hydrogen-bond donors (Lipinski definition) is 3. The Morgan fingerprint density at radius 3 is 2.08 bits per heavy atom. The van der Waals surface area contributed by atoms with Gasteiger partial charge in [-0.15, -0.1) is 0 Å². The third-order valence-electron chi connectivity index (χ3n) is 1.50. The average Bonchev–Trinajstić information content (AvgIpc) is 1.79. The molecule has 0 rings (SSSR count). The van der Waals surface area contributed by atoms with Crippen LogP contribution in [-0.2, 0) is 10.1 Å². The Hall–Kier alpha value is -0.170. The summed E-state index contributed by atoms with van der Waals surface area (Å²) in [7, 11) is -4.11. The molecule has 80 valence electrons. The van der Waals surface area contributed by atoms with Gasteiger partial charge in [0.05, 0.1) is 5.75 Å². The summed E-state index contributed by atoms with van der Waals surface area (Å²) < 4.78 is 29.0. The second-order valence-electron chi connectivity index (χ2n) is 3.62. The molecule has 0 saturated carbocycles. The first-order valence-corrected chi connectivity index (χ1v) is 5.63. The van der Waals surface area contributed by atoms with Gasteiger partial charge in [-0.05, 0) is 5.92 Å². The van der Waals surface area contributed by atoms with Crippen LogP contribution in [0, 0.1) is 5.92 Å². The van der Waals surface area contributed by atoms with Crippen molar-refractivity contribution in [1.29, 1.82) is 0 Å². The molecule has 0 amide bonds. The molecule has 0 aliphatic rings. The van der Waals surface area contributed by atoms with Gasteiger partial charge in [0.2, 0.25) is 0 Å². The van der Waals surface area contributed by atoms with Gasteiger partial charge in [-0.3, -0.25) is 4.55 Å². The summed E-state index contributed by atoms with van der Waals surface area (Å²) in [5.41, 5.74) is 0. The summed E-state index contributed by atoms with van der Waals surface area (Å²) in [4.78, 5) is 0. The zero-order valence-electron chi connectivity index (χ0n) is 7.77.